The number of carboxylic acid groups (broad SMARTS) is 1. The number of carbonyl (C=O) groups is 1. The lowest BCUT2D eigenvalue weighted by atomic mass is 9.67. The zero-order valence-electron chi connectivity index (χ0n) is 13.6. The molecule has 3 heteroatoms. The molecule has 0 radical (unpaired) electrons. The lowest BCUT2D eigenvalue weighted by Crippen LogP contribution is -2.53. The summed E-state index contributed by atoms with van der Waals surface area (Å²) >= 11 is 0. The maximum absolute atomic E-state index is 11.6. The number of nitrogens with zero attached hydrogens (tertiary/aromatic N) is 1. The molecule has 0 aromatic rings. The van der Waals surface area contributed by atoms with E-state index in [1.165, 1.54) is 19.3 Å². The predicted molar refractivity (Wildman–Crippen MR) is 81.7 cm³/mol. The van der Waals surface area contributed by atoms with Gasteiger partial charge in [0, 0.05) is 12.1 Å². The van der Waals surface area contributed by atoms with Crippen LogP contribution in [0.25, 0.3) is 0 Å². The molecule has 1 N–H and O–H groups in total. The van der Waals surface area contributed by atoms with Crippen LogP contribution in [0.5, 0.6) is 0 Å². The van der Waals surface area contributed by atoms with E-state index in [2.05, 4.69) is 32.6 Å². The van der Waals surface area contributed by atoms with Gasteiger partial charge in [0.2, 0.25) is 0 Å². The van der Waals surface area contributed by atoms with Crippen molar-refractivity contribution in [3.8, 4) is 0 Å². The Bertz CT molecular complexity index is 347. The Balaban J connectivity index is 2.16. The van der Waals surface area contributed by atoms with Crippen LogP contribution in [0.1, 0.15) is 66.2 Å². The molecule has 4 unspecified atom stereocenters. The van der Waals surface area contributed by atoms with Gasteiger partial charge in [-0.25, -0.2) is 0 Å². The first-order chi connectivity index (χ1) is 9.30. The van der Waals surface area contributed by atoms with Crippen molar-refractivity contribution in [1.29, 1.82) is 0 Å². The van der Waals surface area contributed by atoms with E-state index in [1.54, 1.807) is 0 Å². The van der Waals surface area contributed by atoms with Gasteiger partial charge in [-0.15, -0.1) is 0 Å². The van der Waals surface area contributed by atoms with Crippen molar-refractivity contribution in [1.82, 2.24) is 4.90 Å². The van der Waals surface area contributed by atoms with Gasteiger partial charge in [-0.1, -0.05) is 27.2 Å². The van der Waals surface area contributed by atoms with Crippen molar-refractivity contribution in [3.05, 3.63) is 0 Å². The standard InChI is InChI=1S/C17H31NO2/c1-12-7-5-6-10-18(12)15-11-13(17(2,3)4)8-9-14(15)16(19)20/h12-15H,5-11H2,1-4H3,(H,19,20). The van der Waals surface area contributed by atoms with Crippen molar-refractivity contribution in [2.75, 3.05) is 6.54 Å². The van der Waals surface area contributed by atoms with Gasteiger partial charge in [0.15, 0.2) is 0 Å². The Morgan fingerprint density at radius 1 is 1.15 bits per heavy atom. The van der Waals surface area contributed by atoms with Gasteiger partial charge < -0.3 is 5.11 Å². The molecule has 1 saturated carbocycles. The average Bonchev–Trinajstić information content (AvgIpc) is 2.37. The molecule has 3 nitrogen and oxygen atoms in total. The molecule has 0 aromatic heterocycles. The predicted octanol–water partition coefficient (Wildman–Crippen LogP) is 3.78. The number of aliphatic carboxylic acids is 1. The van der Waals surface area contributed by atoms with Crippen LogP contribution >= 0.6 is 0 Å². The third-order valence-corrected chi connectivity index (χ3v) is 5.64. The molecule has 1 aliphatic carbocycles. The number of rotatable bonds is 2. The highest BCUT2D eigenvalue weighted by Crippen LogP contribution is 2.42. The van der Waals surface area contributed by atoms with Crippen LogP contribution < -0.4 is 0 Å². The molecule has 4 atom stereocenters. The summed E-state index contributed by atoms with van der Waals surface area (Å²) in [6.07, 6.45) is 6.73. The fourth-order valence-electron chi connectivity index (χ4n) is 4.20. The minimum absolute atomic E-state index is 0.158. The van der Waals surface area contributed by atoms with Crippen molar-refractivity contribution >= 4 is 5.97 Å². The molecule has 0 aromatic carbocycles. The molecule has 0 bridgehead atoms. The fourth-order valence-corrected chi connectivity index (χ4v) is 4.20. The van der Waals surface area contributed by atoms with Crippen molar-refractivity contribution in [2.24, 2.45) is 17.3 Å². The first-order valence-electron chi connectivity index (χ1n) is 8.29. The van der Waals surface area contributed by atoms with Crippen LogP contribution in [-0.2, 0) is 4.79 Å². The summed E-state index contributed by atoms with van der Waals surface area (Å²) in [5.41, 5.74) is 0.292. The van der Waals surface area contributed by atoms with Crippen LogP contribution in [0.2, 0.25) is 0 Å². The number of piperidine rings is 1. The minimum atomic E-state index is -0.583. The van der Waals surface area contributed by atoms with Gasteiger partial charge in [0.25, 0.3) is 0 Å². The molecular weight excluding hydrogens is 250 g/mol. The van der Waals surface area contributed by atoms with Gasteiger partial charge in [-0.3, -0.25) is 9.69 Å². The second-order valence-corrected chi connectivity index (χ2v) is 7.97. The summed E-state index contributed by atoms with van der Waals surface area (Å²) in [6, 6.07) is 0.801. The molecule has 20 heavy (non-hydrogen) atoms. The van der Waals surface area contributed by atoms with E-state index >= 15 is 0 Å². The lowest BCUT2D eigenvalue weighted by molar-refractivity contribution is -0.148. The number of hydrogen-bond acceptors (Lipinski definition) is 2. The summed E-state index contributed by atoms with van der Waals surface area (Å²) < 4.78 is 0. The van der Waals surface area contributed by atoms with Gasteiger partial charge in [-0.2, -0.15) is 0 Å². The zero-order chi connectivity index (χ0) is 14.9. The van der Waals surface area contributed by atoms with E-state index in [0.717, 1.165) is 25.8 Å². The summed E-state index contributed by atoms with van der Waals surface area (Å²) in [6.45, 7) is 10.3. The second kappa shape index (κ2) is 6.05. The first kappa shape index (κ1) is 15.8. The number of likely N-dealkylation sites (tertiary alicyclic amines) is 1. The highest BCUT2D eigenvalue weighted by Gasteiger charge is 2.42. The molecule has 1 aliphatic heterocycles. The van der Waals surface area contributed by atoms with Crippen LogP contribution in [0.3, 0.4) is 0 Å². The zero-order valence-corrected chi connectivity index (χ0v) is 13.6. The fraction of sp³-hybridized carbons (Fsp3) is 0.941. The monoisotopic (exact) mass is 281 g/mol. The van der Waals surface area contributed by atoms with E-state index in [9.17, 15) is 9.90 Å². The van der Waals surface area contributed by atoms with Gasteiger partial charge in [0.05, 0.1) is 5.92 Å². The highest BCUT2D eigenvalue weighted by atomic mass is 16.4. The van der Waals surface area contributed by atoms with E-state index in [1.807, 2.05) is 0 Å². The lowest BCUT2D eigenvalue weighted by Gasteiger charge is -2.48. The molecule has 1 saturated heterocycles. The Morgan fingerprint density at radius 2 is 1.85 bits per heavy atom. The summed E-state index contributed by atoms with van der Waals surface area (Å²) in [7, 11) is 0. The quantitative estimate of drug-likeness (QED) is 0.837. The molecule has 0 spiro atoms. The highest BCUT2D eigenvalue weighted by molar-refractivity contribution is 5.71. The first-order valence-corrected chi connectivity index (χ1v) is 8.29. The topological polar surface area (TPSA) is 40.5 Å². The Labute approximate surface area is 123 Å². The maximum Gasteiger partial charge on any atom is 0.308 e. The van der Waals surface area contributed by atoms with E-state index in [4.69, 9.17) is 0 Å². The van der Waals surface area contributed by atoms with Crippen LogP contribution in [0, 0.1) is 17.3 Å². The smallest absolute Gasteiger partial charge is 0.308 e. The molecule has 0 amide bonds. The van der Waals surface area contributed by atoms with Gasteiger partial charge in [0.1, 0.15) is 0 Å². The van der Waals surface area contributed by atoms with Crippen LogP contribution in [-0.4, -0.2) is 34.6 Å². The summed E-state index contributed by atoms with van der Waals surface area (Å²) in [4.78, 5) is 14.2. The second-order valence-electron chi connectivity index (χ2n) is 7.97. The van der Waals surface area contributed by atoms with Gasteiger partial charge in [-0.05, 0) is 56.9 Å². The number of hydrogen-bond donors (Lipinski definition) is 1. The molecule has 2 aliphatic rings. The van der Waals surface area contributed by atoms with Crippen molar-refractivity contribution in [3.63, 3.8) is 0 Å². The molecule has 2 fully saturated rings. The molecule has 116 valence electrons. The largest absolute Gasteiger partial charge is 0.481 e. The van der Waals surface area contributed by atoms with E-state index in [-0.39, 0.29) is 12.0 Å². The molecule has 1 heterocycles. The van der Waals surface area contributed by atoms with E-state index in [0.29, 0.717) is 17.4 Å². The Hall–Kier alpha value is -0.570. The third kappa shape index (κ3) is 3.36. The van der Waals surface area contributed by atoms with Gasteiger partial charge >= 0.3 is 5.97 Å². The molecule has 2 rings (SSSR count). The van der Waals surface area contributed by atoms with Crippen LogP contribution in [0.4, 0.5) is 0 Å². The van der Waals surface area contributed by atoms with Crippen molar-refractivity contribution < 1.29 is 9.90 Å². The Kier molecular flexibility index (Phi) is 4.78. The Morgan fingerprint density at radius 3 is 2.40 bits per heavy atom. The van der Waals surface area contributed by atoms with E-state index < -0.39 is 5.97 Å². The normalized spacial score (nSPS) is 36.8. The SMILES string of the molecule is CC1CCCCN1C1CC(C(C)(C)C)CCC1C(=O)O. The third-order valence-electron chi connectivity index (χ3n) is 5.64. The molecular formula is C17H31NO2. The van der Waals surface area contributed by atoms with Crippen LogP contribution in [0.15, 0.2) is 0 Å². The van der Waals surface area contributed by atoms with Crippen molar-refractivity contribution in [2.45, 2.75) is 78.3 Å². The minimum Gasteiger partial charge on any atom is -0.481 e. The number of carboxylic acids is 1. The maximum atomic E-state index is 11.6. The summed E-state index contributed by atoms with van der Waals surface area (Å²) in [5, 5.41) is 9.59. The average molecular weight is 281 g/mol. The summed E-state index contributed by atoms with van der Waals surface area (Å²) in [5.74, 6) is -0.0912.